The molecule has 3 aromatic rings. The zero-order valence-corrected chi connectivity index (χ0v) is 17.9. The van der Waals surface area contributed by atoms with Crippen LogP contribution in [0.25, 0.3) is 11.3 Å². The van der Waals surface area contributed by atoms with Crippen LogP contribution in [0.2, 0.25) is 0 Å². The quantitative estimate of drug-likeness (QED) is 0.524. The summed E-state index contributed by atoms with van der Waals surface area (Å²) in [6.07, 6.45) is 2.13. The molecule has 0 spiro atoms. The average Bonchev–Trinajstić information content (AvgIpc) is 2.79. The van der Waals surface area contributed by atoms with E-state index in [2.05, 4.69) is 10.2 Å². The van der Waals surface area contributed by atoms with E-state index in [1.807, 2.05) is 74.5 Å². The molecule has 1 aliphatic carbocycles. The van der Waals surface area contributed by atoms with Crippen molar-refractivity contribution >= 4 is 11.8 Å². The van der Waals surface area contributed by atoms with Crippen molar-refractivity contribution in [1.82, 2.24) is 10.2 Å². The summed E-state index contributed by atoms with van der Waals surface area (Å²) in [5.74, 6) is -0.145. The van der Waals surface area contributed by atoms with E-state index in [1.165, 1.54) is 0 Å². The van der Waals surface area contributed by atoms with Crippen molar-refractivity contribution in [3.05, 3.63) is 83.0 Å². The SMILES string of the molecule is CCC1(CC(=O)OCc2ccc(-c3ccc(C)nn3)cc2)CC(=O)c2ccccc2C1. The van der Waals surface area contributed by atoms with Gasteiger partial charge in [0.2, 0.25) is 0 Å². The van der Waals surface area contributed by atoms with Gasteiger partial charge in [-0.2, -0.15) is 10.2 Å². The molecule has 0 fully saturated rings. The number of ketones is 1. The summed E-state index contributed by atoms with van der Waals surface area (Å²) in [7, 11) is 0. The molecule has 0 saturated carbocycles. The number of carbonyl (C=O) groups is 2. The highest BCUT2D eigenvalue weighted by atomic mass is 16.5. The summed E-state index contributed by atoms with van der Waals surface area (Å²) < 4.78 is 5.56. The number of Topliss-reactive ketones (excluding diaryl/α,β-unsaturated/α-hetero) is 1. The third-order valence-corrected chi connectivity index (χ3v) is 6.14. The Morgan fingerprint density at radius 2 is 1.77 bits per heavy atom. The van der Waals surface area contributed by atoms with Crippen molar-refractivity contribution in [2.45, 2.75) is 46.1 Å². The van der Waals surface area contributed by atoms with E-state index in [9.17, 15) is 9.59 Å². The van der Waals surface area contributed by atoms with E-state index in [-0.39, 0.29) is 30.2 Å². The summed E-state index contributed by atoms with van der Waals surface area (Å²) in [6.45, 7) is 4.16. The molecule has 0 N–H and O–H groups in total. The van der Waals surface area contributed by atoms with Gasteiger partial charge in [0.1, 0.15) is 6.61 Å². The van der Waals surface area contributed by atoms with Gasteiger partial charge in [0.25, 0.3) is 0 Å². The maximum Gasteiger partial charge on any atom is 0.306 e. The molecule has 0 radical (unpaired) electrons. The van der Waals surface area contributed by atoms with Crippen LogP contribution in [0, 0.1) is 12.3 Å². The number of ether oxygens (including phenoxy) is 1. The normalized spacial score (nSPS) is 17.8. The Kier molecular flexibility index (Phi) is 5.94. The highest BCUT2D eigenvalue weighted by Crippen LogP contribution is 2.41. The van der Waals surface area contributed by atoms with Crippen molar-refractivity contribution in [2.24, 2.45) is 5.41 Å². The fourth-order valence-corrected chi connectivity index (χ4v) is 4.19. The number of hydrogen-bond donors (Lipinski definition) is 0. The molecular formula is C26H26N2O3. The number of carbonyl (C=O) groups excluding carboxylic acids is 2. The van der Waals surface area contributed by atoms with E-state index < -0.39 is 0 Å². The molecule has 31 heavy (non-hydrogen) atoms. The first kappa shape index (κ1) is 20.9. The van der Waals surface area contributed by atoms with Gasteiger partial charge in [-0.05, 0) is 48.4 Å². The van der Waals surface area contributed by atoms with Crippen molar-refractivity contribution in [3.8, 4) is 11.3 Å². The van der Waals surface area contributed by atoms with Crippen LogP contribution in [0.3, 0.4) is 0 Å². The number of benzene rings is 2. The van der Waals surface area contributed by atoms with Crippen LogP contribution < -0.4 is 0 Å². The molecule has 1 unspecified atom stereocenters. The van der Waals surface area contributed by atoms with Gasteiger partial charge in [-0.25, -0.2) is 0 Å². The van der Waals surface area contributed by atoms with Crippen LogP contribution in [0.5, 0.6) is 0 Å². The third kappa shape index (κ3) is 4.71. The Morgan fingerprint density at radius 3 is 2.48 bits per heavy atom. The lowest BCUT2D eigenvalue weighted by Crippen LogP contribution is -2.34. The monoisotopic (exact) mass is 414 g/mol. The van der Waals surface area contributed by atoms with Crippen molar-refractivity contribution in [3.63, 3.8) is 0 Å². The van der Waals surface area contributed by atoms with Gasteiger partial charge < -0.3 is 4.74 Å². The van der Waals surface area contributed by atoms with Gasteiger partial charge in [0.05, 0.1) is 17.8 Å². The van der Waals surface area contributed by atoms with Gasteiger partial charge >= 0.3 is 5.97 Å². The molecule has 1 aliphatic rings. The van der Waals surface area contributed by atoms with Gasteiger partial charge in [-0.3, -0.25) is 9.59 Å². The van der Waals surface area contributed by atoms with Crippen LogP contribution in [-0.2, 0) is 22.6 Å². The lowest BCUT2D eigenvalue weighted by molar-refractivity contribution is -0.147. The first-order valence-electron chi connectivity index (χ1n) is 10.6. The highest BCUT2D eigenvalue weighted by Gasteiger charge is 2.39. The van der Waals surface area contributed by atoms with Gasteiger partial charge in [0.15, 0.2) is 5.78 Å². The Balaban J connectivity index is 1.37. The van der Waals surface area contributed by atoms with Crippen molar-refractivity contribution in [2.75, 3.05) is 0 Å². The number of aromatic nitrogens is 2. The summed E-state index contributed by atoms with van der Waals surface area (Å²) >= 11 is 0. The van der Waals surface area contributed by atoms with Gasteiger partial charge in [0, 0.05) is 17.5 Å². The second-order valence-corrected chi connectivity index (χ2v) is 8.38. The van der Waals surface area contributed by atoms with Gasteiger partial charge in [-0.15, -0.1) is 0 Å². The smallest absolute Gasteiger partial charge is 0.306 e. The lowest BCUT2D eigenvalue weighted by atomic mass is 9.67. The zero-order chi connectivity index (χ0) is 21.8. The Labute approximate surface area is 182 Å². The van der Waals surface area contributed by atoms with Gasteiger partial charge in [-0.1, -0.05) is 55.5 Å². The summed E-state index contributed by atoms with van der Waals surface area (Å²) in [6, 6.07) is 19.3. The molecule has 5 nitrogen and oxygen atoms in total. The van der Waals surface area contributed by atoms with Crippen LogP contribution >= 0.6 is 0 Å². The second-order valence-electron chi connectivity index (χ2n) is 8.38. The molecule has 0 amide bonds. The maximum atomic E-state index is 12.6. The van der Waals surface area contributed by atoms with Crippen LogP contribution in [0.15, 0.2) is 60.7 Å². The molecule has 1 aromatic heterocycles. The number of nitrogens with zero attached hydrogens (tertiary/aromatic N) is 2. The molecule has 1 heterocycles. The van der Waals surface area contributed by atoms with E-state index in [1.54, 1.807) is 0 Å². The fourth-order valence-electron chi connectivity index (χ4n) is 4.19. The first-order chi connectivity index (χ1) is 15.0. The van der Waals surface area contributed by atoms with Crippen molar-refractivity contribution < 1.29 is 14.3 Å². The van der Waals surface area contributed by atoms with Crippen LogP contribution in [-0.4, -0.2) is 21.9 Å². The maximum absolute atomic E-state index is 12.6. The summed E-state index contributed by atoms with van der Waals surface area (Å²) in [4.78, 5) is 25.3. The molecule has 2 aromatic carbocycles. The number of rotatable bonds is 6. The van der Waals surface area contributed by atoms with E-state index in [0.29, 0.717) is 6.42 Å². The molecule has 158 valence electrons. The highest BCUT2D eigenvalue weighted by molar-refractivity contribution is 5.99. The first-order valence-corrected chi connectivity index (χ1v) is 10.6. The van der Waals surface area contributed by atoms with E-state index in [0.717, 1.165) is 46.5 Å². The molecule has 4 rings (SSSR count). The van der Waals surface area contributed by atoms with Crippen molar-refractivity contribution in [1.29, 1.82) is 0 Å². The van der Waals surface area contributed by atoms with Crippen LogP contribution in [0.1, 0.15) is 53.4 Å². The Bertz CT molecular complexity index is 1090. The topological polar surface area (TPSA) is 69.2 Å². The average molecular weight is 415 g/mol. The third-order valence-electron chi connectivity index (χ3n) is 6.14. The summed E-state index contributed by atoms with van der Waals surface area (Å²) in [5.41, 5.74) is 5.01. The minimum atomic E-state index is -0.365. The van der Waals surface area contributed by atoms with E-state index in [4.69, 9.17) is 4.74 Å². The Hall–Kier alpha value is -3.34. The van der Waals surface area contributed by atoms with Crippen LogP contribution in [0.4, 0.5) is 0 Å². The predicted molar refractivity (Wildman–Crippen MR) is 118 cm³/mol. The Morgan fingerprint density at radius 1 is 1.00 bits per heavy atom. The number of aryl methyl sites for hydroxylation is 1. The second kappa shape index (κ2) is 8.80. The minimum Gasteiger partial charge on any atom is -0.461 e. The standard InChI is InChI=1S/C26H26N2O3/c1-3-26(14-21-6-4-5-7-22(21)24(29)15-26)16-25(30)31-17-19-9-11-20(12-10-19)23-13-8-18(2)27-28-23/h4-13H,3,14-17H2,1-2H3. The minimum absolute atomic E-state index is 0.117. The number of esters is 1. The lowest BCUT2D eigenvalue weighted by Gasteiger charge is -2.35. The number of hydrogen-bond acceptors (Lipinski definition) is 5. The molecule has 0 saturated heterocycles. The number of fused-ring (bicyclic) bond motifs is 1. The molecule has 0 aliphatic heterocycles. The molecule has 1 atom stereocenters. The zero-order valence-electron chi connectivity index (χ0n) is 17.9. The largest absolute Gasteiger partial charge is 0.461 e. The predicted octanol–water partition coefficient (Wildman–Crippen LogP) is 5.11. The fraction of sp³-hybridized carbons (Fsp3) is 0.308. The summed E-state index contributed by atoms with van der Waals surface area (Å²) in [5, 5.41) is 8.28. The van der Waals surface area contributed by atoms with E-state index >= 15 is 0 Å². The molecule has 5 heteroatoms. The molecular weight excluding hydrogens is 388 g/mol. The molecule has 0 bridgehead atoms.